The van der Waals surface area contributed by atoms with Crippen molar-refractivity contribution in [2.24, 2.45) is 0 Å². The van der Waals surface area contributed by atoms with Gasteiger partial charge in [-0.05, 0) is 6.42 Å². The molecule has 0 aliphatic heterocycles. The van der Waals surface area contributed by atoms with E-state index in [9.17, 15) is 13.2 Å². The van der Waals surface area contributed by atoms with Crippen molar-refractivity contribution in [2.75, 3.05) is 7.11 Å². The average Bonchev–Trinajstić information content (AvgIpc) is 2.90. The second-order valence-corrected chi connectivity index (χ2v) is 5.94. The highest BCUT2D eigenvalue weighted by molar-refractivity contribution is 7.90. The Morgan fingerprint density at radius 3 is 2.80 bits per heavy atom. The molecule has 9 heteroatoms. The van der Waals surface area contributed by atoms with Crippen molar-refractivity contribution in [2.45, 2.75) is 31.1 Å². The SMILES string of the molecule is CCC(C#N)S(=O)(=O)N[C@@H](Cc1cnc[nH]1)C(=O)OC. The molecule has 1 aromatic rings. The van der Waals surface area contributed by atoms with Gasteiger partial charge in [0, 0.05) is 18.3 Å². The third kappa shape index (κ3) is 4.04. The van der Waals surface area contributed by atoms with Gasteiger partial charge in [0.15, 0.2) is 5.25 Å². The zero-order valence-corrected chi connectivity index (χ0v) is 12.0. The van der Waals surface area contributed by atoms with Crippen LogP contribution >= 0.6 is 0 Å². The molecule has 2 atom stereocenters. The molecule has 0 saturated heterocycles. The van der Waals surface area contributed by atoms with Crippen molar-refractivity contribution in [3.63, 3.8) is 0 Å². The average molecular weight is 300 g/mol. The zero-order valence-electron chi connectivity index (χ0n) is 11.2. The predicted octanol–water partition coefficient (Wildman–Crippen LogP) is -0.285. The third-order valence-electron chi connectivity index (χ3n) is 2.66. The maximum atomic E-state index is 12.0. The number of aromatic amines is 1. The van der Waals surface area contributed by atoms with Crippen LogP contribution in [-0.2, 0) is 26.0 Å². The number of carbonyl (C=O) groups excluding carboxylic acids is 1. The van der Waals surface area contributed by atoms with E-state index in [2.05, 4.69) is 19.4 Å². The monoisotopic (exact) mass is 300 g/mol. The fraction of sp³-hybridized carbons (Fsp3) is 0.545. The van der Waals surface area contributed by atoms with Crippen LogP contribution in [0.5, 0.6) is 0 Å². The van der Waals surface area contributed by atoms with Crippen LogP contribution in [0.4, 0.5) is 0 Å². The molecule has 1 heterocycles. The molecule has 1 aromatic heterocycles. The Bertz CT molecular complexity index is 576. The van der Waals surface area contributed by atoms with Gasteiger partial charge in [-0.2, -0.15) is 9.98 Å². The van der Waals surface area contributed by atoms with Crippen LogP contribution in [-0.4, -0.2) is 42.8 Å². The van der Waals surface area contributed by atoms with E-state index in [0.29, 0.717) is 5.69 Å². The summed E-state index contributed by atoms with van der Waals surface area (Å²) in [5.74, 6) is -0.726. The first kappa shape index (κ1) is 16.1. The first-order valence-electron chi connectivity index (χ1n) is 5.90. The summed E-state index contributed by atoms with van der Waals surface area (Å²) in [5, 5.41) is 7.61. The van der Waals surface area contributed by atoms with Crippen LogP contribution in [0.2, 0.25) is 0 Å². The molecular weight excluding hydrogens is 284 g/mol. The lowest BCUT2D eigenvalue weighted by molar-refractivity contribution is -0.142. The van der Waals surface area contributed by atoms with Crippen molar-refractivity contribution in [3.05, 3.63) is 18.2 Å². The largest absolute Gasteiger partial charge is 0.468 e. The van der Waals surface area contributed by atoms with Gasteiger partial charge in [0.25, 0.3) is 0 Å². The Balaban J connectivity index is 2.90. The van der Waals surface area contributed by atoms with Gasteiger partial charge in [-0.1, -0.05) is 6.92 Å². The molecule has 2 N–H and O–H groups in total. The minimum atomic E-state index is -3.93. The minimum absolute atomic E-state index is 0.0633. The van der Waals surface area contributed by atoms with Crippen LogP contribution in [0, 0.1) is 11.3 Å². The molecule has 0 aliphatic carbocycles. The van der Waals surface area contributed by atoms with Crippen molar-refractivity contribution < 1.29 is 17.9 Å². The molecule has 0 amide bonds. The number of nitrogens with zero attached hydrogens (tertiary/aromatic N) is 2. The fourth-order valence-electron chi connectivity index (χ4n) is 1.59. The number of ether oxygens (including phenoxy) is 1. The number of aromatic nitrogens is 2. The lowest BCUT2D eigenvalue weighted by Crippen LogP contribution is -2.46. The second kappa shape index (κ2) is 7.02. The number of carbonyl (C=O) groups is 1. The summed E-state index contributed by atoms with van der Waals surface area (Å²) in [6.45, 7) is 1.58. The number of nitriles is 1. The van der Waals surface area contributed by atoms with E-state index in [1.807, 2.05) is 0 Å². The number of imidazole rings is 1. The summed E-state index contributed by atoms with van der Waals surface area (Å²) < 4.78 is 30.8. The molecule has 0 saturated carbocycles. The van der Waals surface area contributed by atoms with Gasteiger partial charge in [0.2, 0.25) is 10.0 Å². The van der Waals surface area contributed by atoms with Crippen molar-refractivity contribution in [1.82, 2.24) is 14.7 Å². The summed E-state index contributed by atoms with van der Waals surface area (Å²) in [6.07, 6.45) is 3.09. The Morgan fingerprint density at radius 1 is 1.65 bits per heavy atom. The lowest BCUT2D eigenvalue weighted by atomic mass is 10.2. The molecule has 0 bridgehead atoms. The van der Waals surface area contributed by atoms with E-state index >= 15 is 0 Å². The van der Waals surface area contributed by atoms with Crippen molar-refractivity contribution in [1.29, 1.82) is 5.26 Å². The molecule has 8 nitrogen and oxygen atoms in total. The summed E-state index contributed by atoms with van der Waals surface area (Å²) in [6, 6.07) is 0.587. The van der Waals surface area contributed by atoms with Crippen LogP contribution in [0.15, 0.2) is 12.5 Å². The molecule has 0 aromatic carbocycles. The highest BCUT2D eigenvalue weighted by Gasteiger charge is 2.31. The first-order valence-corrected chi connectivity index (χ1v) is 7.45. The smallest absolute Gasteiger partial charge is 0.324 e. The quantitative estimate of drug-likeness (QED) is 0.667. The number of esters is 1. The molecule has 110 valence electrons. The highest BCUT2D eigenvalue weighted by atomic mass is 32.2. The van der Waals surface area contributed by atoms with E-state index in [4.69, 9.17) is 5.26 Å². The maximum Gasteiger partial charge on any atom is 0.324 e. The summed E-state index contributed by atoms with van der Waals surface area (Å²) >= 11 is 0. The van der Waals surface area contributed by atoms with Crippen LogP contribution in [0.1, 0.15) is 19.0 Å². The number of sulfonamides is 1. The normalized spacial score (nSPS) is 14.2. The molecule has 1 unspecified atom stereocenters. The Labute approximate surface area is 117 Å². The maximum absolute atomic E-state index is 12.0. The zero-order chi connectivity index (χ0) is 15.2. The molecule has 0 radical (unpaired) electrons. The highest BCUT2D eigenvalue weighted by Crippen LogP contribution is 2.07. The Hall–Kier alpha value is -1.92. The van der Waals surface area contributed by atoms with Gasteiger partial charge < -0.3 is 9.72 Å². The number of hydrogen-bond acceptors (Lipinski definition) is 6. The van der Waals surface area contributed by atoms with E-state index in [0.717, 1.165) is 7.11 Å². The topological polar surface area (TPSA) is 125 Å². The number of rotatable bonds is 7. The number of H-pyrrole nitrogens is 1. The van der Waals surface area contributed by atoms with E-state index in [1.165, 1.54) is 12.5 Å². The fourth-order valence-corrected chi connectivity index (χ4v) is 2.91. The number of nitrogens with one attached hydrogen (secondary N) is 2. The third-order valence-corrected chi connectivity index (χ3v) is 4.46. The Morgan fingerprint density at radius 2 is 2.35 bits per heavy atom. The van der Waals surface area contributed by atoms with Gasteiger partial charge in [-0.3, -0.25) is 4.79 Å². The Kier molecular flexibility index (Phi) is 5.66. The molecule has 20 heavy (non-hydrogen) atoms. The van der Waals surface area contributed by atoms with Gasteiger partial charge in [0.1, 0.15) is 6.04 Å². The lowest BCUT2D eigenvalue weighted by Gasteiger charge is -2.17. The first-order chi connectivity index (χ1) is 9.44. The molecule has 0 spiro atoms. The van der Waals surface area contributed by atoms with Crippen LogP contribution in [0.3, 0.4) is 0 Å². The predicted molar refractivity (Wildman–Crippen MR) is 69.8 cm³/mol. The summed E-state index contributed by atoms with van der Waals surface area (Å²) in [4.78, 5) is 18.2. The molecule has 1 rings (SSSR count). The summed E-state index contributed by atoms with van der Waals surface area (Å²) in [7, 11) is -2.76. The number of hydrogen-bond donors (Lipinski definition) is 2. The van der Waals surface area contributed by atoms with Crippen LogP contribution in [0.25, 0.3) is 0 Å². The minimum Gasteiger partial charge on any atom is -0.468 e. The van der Waals surface area contributed by atoms with Gasteiger partial charge in [-0.25, -0.2) is 13.4 Å². The van der Waals surface area contributed by atoms with E-state index in [-0.39, 0.29) is 12.8 Å². The van der Waals surface area contributed by atoms with Crippen molar-refractivity contribution in [3.8, 4) is 6.07 Å². The second-order valence-electron chi connectivity index (χ2n) is 4.05. The van der Waals surface area contributed by atoms with Gasteiger partial charge >= 0.3 is 5.97 Å². The van der Waals surface area contributed by atoms with E-state index < -0.39 is 27.3 Å². The molecule has 0 aliphatic rings. The van der Waals surface area contributed by atoms with Gasteiger partial charge in [0.05, 0.1) is 19.5 Å². The van der Waals surface area contributed by atoms with Crippen molar-refractivity contribution >= 4 is 16.0 Å². The molecule has 0 fully saturated rings. The standard InChI is InChI=1S/C11H16N4O4S/c1-3-9(5-12)20(17,18)15-10(11(16)19-2)4-8-6-13-7-14-8/h6-7,9-10,15H,3-4H2,1-2H3,(H,13,14)/t9?,10-/m0/s1. The van der Waals surface area contributed by atoms with E-state index in [1.54, 1.807) is 13.0 Å². The number of methoxy groups -OCH3 is 1. The van der Waals surface area contributed by atoms with Gasteiger partial charge in [-0.15, -0.1) is 0 Å². The summed E-state index contributed by atoms with van der Waals surface area (Å²) in [5.41, 5.74) is 0.577. The molecular formula is C11H16N4O4S. The van der Waals surface area contributed by atoms with Crippen LogP contribution < -0.4 is 4.72 Å².